The first kappa shape index (κ1) is 28.7. The van der Waals surface area contributed by atoms with Crippen LogP contribution in [0.3, 0.4) is 0 Å². The van der Waals surface area contributed by atoms with Gasteiger partial charge in [-0.25, -0.2) is 9.78 Å². The fourth-order valence-electron chi connectivity index (χ4n) is 4.55. The number of thiophene rings is 1. The highest BCUT2D eigenvalue weighted by atomic mass is 35.5. The maximum absolute atomic E-state index is 13.7. The monoisotopic (exact) mass is 606 g/mol. The van der Waals surface area contributed by atoms with Gasteiger partial charge in [-0.2, -0.15) is 18.2 Å². The van der Waals surface area contributed by atoms with Gasteiger partial charge in [0, 0.05) is 36.2 Å². The molecule has 14 heteroatoms. The van der Waals surface area contributed by atoms with E-state index in [1.807, 2.05) is 32.1 Å². The van der Waals surface area contributed by atoms with Crippen LogP contribution in [0.25, 0.3) is 21.5 Å². The fourth-order valence-corrected chi connectivity index (χ4v) is 5.78. The minimum atomic E-state index is -5.22. The second-order valence-electron chi connectivity index (χ2n) is 9.55. The Kier molecular flexibility index (Phi) is 7.86. The lowest BCUT2D eigenvalue weighted by Crippen LogP contribution is -2.48. The molecule has 1 aliphatic heterocycles. The van der Waals surface area contributed by atoms with Gasteiger partial charge in [-0.1, -0.05) is 23.7 Å². The number of rotatable bonds is 8. The predicted molar refractivity (Wildman–Crippen MR) is 154 cm³/mol. The lowest BCUT2D eigenvalue weighted by molar-refractivity contribution is -0.201. The SMILES string of the molecule is CNCCCn1c(N(C)C)nc2cc(N3CN(OC(=O)C(F)(F)F)c4cc(-c5ccc(Cl)cc5)sc4C3=O)ccc21. The minimum Gasteiger partial charge on any atom is -0.348 e. The molecule has 216 valence electrons. The molecule has 0 bridgehead atoms. The number of fused-ring (bicyclic) bond motifs is 2. The summed E-state index contributed by atoms with van der Waals surface area (Å²) in [6.07, 6.45) is -4.35. The topological polar surface area (TPSA) is 82.9 Å². The van der Waals surface area contributed by atoms with Crippen molar-refractivity contribution in [1.82, 2.24) is 14.9 Å². The Morgan fingerprint density at radius 1 is 1.17 bits per heavy atom. The van der Waals surface area contributed by atoms with Crippen molar-refractivity contribution in [2.45, 2.75) is 19.1 Å². The number of amides is 1. The summed E-state index contributed by atoms with van der Waals surface area (Å²) in [5, 5.41) is 4.44. The summed E-state index contributed by atoms with van der Waals surface area (Å²) >= 11 is 7.08. The molecule has 1 amide bonds. The zero-order chi connectivity index (χ0) is 29.5. The number of hydroxylamine groups is 1. The van der Waals surface area contributed by atoms with Crippen molar-refractivity contribution in [2.75, 3.05) is 49.2 Å². The van der Waals surface area contributed by atoms with Crippen LogP contribution in [-0.4, -0.2) is 62.0 Å². The predicted octanol–water partition coefficient (Wildman–Crippen LogP) is 5.54. The third-order valence-electron chi connectivity index (χ3n) is 6.48. The molecule has 1 N–H and O–H groups in total. The second kappa shape index (κ2) is 11.2. The molecule has 1 aliphatic rings. The van der Waals surface area contributed by atoms with Crippen LogP contribution in [0, 0.1) is 0 Å². The van der Waals surface area contributed by atoms with Gasteiger partial charge < -0.3 is 19.6 Å². The smallest absolute Gasteiger partial charge is 0.348 e. The third kappa shape index (κ3) is 5.69. The average Bonchev–Trinajstić information content (AvgIpc) is 3.53. The van der Waals surface area contributed by atoms with Gasteiger partial charge in [0.2, 0.25) is 5.95 Å². The van der Waals surface area contributed by atoms with Crippen LogP contribution in [0.2, 0.25) is 5.02 Å². The molecule has 3 heterocycles. The normalized spacial score (nSPS) is 13.6. The van der Waals surface area contributed by atoms with Crippen LogP contribution in [0.1, 0.15) is 16.1 Å². The highest BCUT2D eigenvalue weighted by molar-refractivity contribution is 7.18. The van der Waals surface area contributed by atoms with Crippen LogP contribution < -0.4 is 20.2 Å². The molecule has 2 aromatic carbocycles. The molecule has 0 saturated heterocycles. The first-order valence-corrected chi connectivity index (χ1v) is 13.8. The van der Waals surface area contributed by atoms with Crippen LogP contribution in [0.4, 0.5) is 30.5 Å². The number of aryl methyl sites for hydroxylation is 1. The number of benzene rings is 2. The van der Waals surface area contributed by atoms with E-state index in [4.69, 9.17) is 21.4 Å². The highest BCUT2D eigenvalue weighted by Crippen LogP contribution is 2.42. The van der Waals surface area contributed by atoms with Crippen molar-refractivity contribution in [3.8, 4) is 10.4 Å². The van der Waals surface area contributed by atoms with E-state index in [9.17, 15) is 22.8 Å². The van der Waals surface area contributed by atoms with Crippen molar-refractivity contribution < 1.29 is 27.6 Å². The maximum atomic E-state index is 13.7. The Morgan fingerprint density at radius 2 is 1.90 bits per heavy atom. The number of anilines is 3. The van der Waals surface area contributed by atoms with E-state index in [1.165, 1.54) is 11.0 Å². The Balaban J connectivity index is 1.55. The van der Waals surface area contributed by atoms with E-state index in [0.717, 1.165) is 40.8 Å². The molecule has 0 fully saturated rings. The number of nitrogens with zero attached hydrogens (tertiary/aromatic N) is 5. The number of hydrogen-bond acceptors (Lipinski definition) is 8. The van der Waals surface area contributed by atoms with Gasteiger partial charge in [0.1, 0.15) is 17.2 Å². The van der Waals surface area contributed by atoms with Crippen molar-refractivity contribution in [2.24, 2.45) is 0 Å². The zero-order valence-corrected chi connectivity index (χ0v) is 23.9. The molecule has 0 spiro atoms. The van der Waals surface area contributed by atoms with E-state index in [0.29, 0.717) is 33.2 Å². The number of halogens is 4. The molecule has 4 aromatic rings. The summed E-state index contributed by atoms with van der Waals surface area (Å²) in [5.41, 5.74) is 2.63. The van der Waals surface area contributed by atoms with Gasteiger partial charge in [-0.3, -0.25) is 9.69 Å². The molecular formula is C27H26ClF3N6O3S. The van der Waals surface area contributed by atoms with Crippen molar-refractivity contribution >= 4 is 63.2 Å². The number of hydrogen-bond donors (Lipinski definition) is 1. The second-order valence-corrected chi connectivity index (χ2v) is 11.0. The Hall–Kier alpha value is -3.81. The number of aromatic nitrogens is 2. The van der Waals surface area contributed by atoms with Crippen molar-refractivity contribution in [1.29, 1.82) is 0 Å². The van der Waals surface area contributed by atoms with Crippen LogP contribution in [0.5, 0.6) is 0 Å². The fraction of sp³-hybridized carbons (Fsp3) is 0.296. The van der Waals surface area contributed by atoms with Gasteiger partial charge in [-0.05, 0) is 62.0 Å². The molecule has 2 aromatic heterocycles. The van der Waals surface area contributed by atoms with E-state index in [1.54, 1.807) is 36.4 Å². The molecular weight excluding hydrogens is 581 g/mol. The average molecular weight is 607 g/mol. The maximum Gasteiger partial charge on any atom is 0.493 e. The molecule has 0 unspecified atom stereocenters. The summed E-state index contributed by atoms with van der Waals surface area (Å²) in [6, 6.07) is 13.6. The van der Waals surface area contributed by atoms with E-state index < -0.39 is 24.7 Å². The number of imidazole rings is 1. The summed E-state index contributed by atoms with van der Waals surface area (Å²) < 4.78 is 41.6. The highest BCUT2D eigenvalue weighted by Gasteiger charge is 2.45. The van der Waals surface area contributed by atoms with Crippen LogP contribution in [-0.2, 0) is 16.2 Å². The van der Waals surface area contributed by atoms with Crippen LogP contribution >= 0.6 is 22.9 Å². The zero-order valence-electron chi connectivity index (χ0n) is 22.3. The summed E-state index contributed by atoms with van der Waals surface area (Å²) in [7, 11) is 5.65. The lowest BCUT2D eigenvalue weighted by Gasteiger charge is -2.34. The van der Waals surface area contributed by atoms with Crippen molar-refractivity contribution in [3.63, 3.8) is 0 Å². The Bertz CT molecular complexity index is 1600. The molecule has 0 aliphatic carbocycles. The van der Waals surface area contributed by atoms with E-state index in [-0.39, 0.29) is 10.6 Å². The van der Waals surface area contributed by atoms with Gasteiger partial charge in [0.05, 0.1) is 11.0 Å². The van der Waals surface area contributed by atoms with Gasteiger partial charge >= 0.3 is 12.1 Å². The minimum absolute atomic E-state index is 0.0728. The van der Waals surface area contributed by atoms with Crippen LogP contribution in [0.15, 0.2) is 48.5 Å². The number of alkyl halides is 3. The van der Waals surface area contributed by atoms with Gasteiger partial charge in [-0.15, -0.1) is 11.3 Å². The first-order chi connectivity index (χ1) is 19.5. The quantitative estimate of drug-likeness (QED) is 0.264. The van der Waals surface area contributed by atoms with Gasteiger partial charge in [0.25, 0.3) is 5.91 Å². The Labute approximate surface area is 242 Å². The molecule has 0 saturated carbocycles. The number of nitrogens with one attached hydrogen (secondary N) is 1. The van der Waals surface area contributed by atoms with E-state index in [2.05, 4.69) is 9.88 Å². The largest absolute Gasteiger partial charge is 0.493 e. The molecule has 9 nitrogen and oxygen atoms in total. The Morgan fingerprint density at radius 3 is 2.56 bits per heavy atom. The first-order valence-electron chi connectivity index (χ1n) is 12.6. The third-order valence-corrected chi connectivity index (χ3v) is 7.89. The molecule has 0 atom stereocenters. The lowest BCUT2D eigenvalue weighted by atomic mass is 10.1. The van der Waals surface area contributed by atoms with Gasteiger partial charge in [0.15, 0.2) is 0 Å². The number of carbonyl (C=O) groups is 2. The van der Waals surface area contributed by atoms with Crippen molar-refractivity contribution in [3.05, 3.63) is 58.4 Å². The standard InChI is InChI=1S/C27H26ClF3N6O3S/c1-32-11-4-12-35-20-10-9-18(13-19(20)33-26(35)34(2)3)36-15-37(40-25(39)27(29,30)31)21-14-22(41-23(21)24(36)38)16-5-7-17(28)8-6-16/h5-10,13-14,32H,4,11-12,15H2,1-3H3. The van der Waals surface area contributed by atoms with E-state index >= 15 is 0 Å². The summed E-state index contributed by atoms with van der Waals surface area (Å²) in [4.78, 5) is 39.0. The summed E-state index contributed by atoms with van der Waals surface area (Å²) in [5.74, 6) is -2.10. The molecule has 0 radical (unpaired) electrons. The summed E-state index contributed by atoms with van der Waals surface area (Å²) in [6.45, 7) is 1.08. The number of carbonyl (C=O) groups excluding carboxylic acids is 2. The molecule has 5 rings (SSSR count). The molecule has 41 heavy (non-hydrogen) atoms.